The quantitative estimate of drug-likeness (QED) is 0.359. The highest BCUT2D eigenvalue weighted by atomic mass is 127. The molecular weight excluding hydrogens is 475 g/mol. The summed E-state index contributed by atoms with van der Waals surface area (Å²) in [6.07, 6.45) is 2.73. The number of nitrogens with one attached hydrogen (secondary N) is 2. The molecule has 0 bridgehead atoms. The lowest BCUT2D eigenvalue weighted by atomic mass is 10.2. The van der Waals surface area contributed by atoms with E-state index in [1.54, 1.807) is 18.4 Å². The van der Waals surface area contributed by atoms with Crippen LogP contribution in [0.5, 0.6) is 0 Å². The highest BCUT2D eigenvalue weighted by Gasteiger charge is 2.15. The first-order valence-electron chi connectivity index (χ1n) is 8.88. The average molecular weight is 502 g/mol. The van der Waals surface area contributed by atoms with Crippen LogP contribution in [-0.2, 0) is 17.7 Å². The maximum Gasteiger partial charge on any atom is 0.191 e. The van der Waals surface area contributed by atoms with Crippen molar-refractivity contribution in [3.05, 3.63) is 40.0 Å². The SMILES string of the molecule is CN=C(NCCc1csc(C)n1)NCc1cccnc1N1CCOCC1.I. The molecule has 148 valence electrons. The fourth-order valence-corrected chi connectivity index (χ4v) is 3.51. The van der Waals surface area contributed by atoms with Crippen molar-refractivity contribution in [1.29, 1.82) is 0 Å². The highest BCUT2D eigenvalue weighted by molar-refractivity contribution is 14.0. The third kappa shape index (κ3) is 6.58. The molecule has 9 heteroatoms. The second-order valence-electron chi connectivity index (χ2n) is 6.05. The van der Waals surface area contributed by atoms with Gasteiger partial charge in [-0.15, -0.1) is 35.3 Å². The predicted molar refractivity (Wildman–Crippen MR) is 121 cm³/mol. The van der Waals surface area contributed by atoms with Gasteiger partial charge in [-0.3, -0.25) is 4.99 Å². The zero-order chi connectivity index (χ0) is 18.2. The number of hydrogen-bond acceptors (Lipinski definition) is 6. The molecule has 1 saturated heterocycles. The lowest BCUT2D eigenvalue weighted by Crippen LogP contribution is -2.40. The van der Waals surface area contributed by atoms with Crippen LogP contribution in [0.3, 0.4) is 0 Å². The van der Waals surface area contributed by atoms with Crippen molar-refractivity contribution in [2.75, 3.05) is 44.8 Å². The van der Waals surface area contributed by atoms with Crippen molar-refractivity contribution < 1.29 is 4.74 Å². The van der Waals surface area contributed by atoms with Crippen LogP contribution < -0.4 is 15.5 Å². The molecule has 1 aliphatic rings. The Bertz CT molecular complexity index is 732. The second kappa shape index (κ2) is 11.4. The first-order valence-corrected chi connectivity index (χ1v) is 9.76. The van der Waals surface area contributed by atoms with Gasteiger partial charge in [-0.25, -0.2) is 9.97 Å². The van der Waals surface area contributed by atoms with Crippen LogP contribution in [0.15, 0.2) is 28.7 Å². The standard InChI is InChI=1S/C18H26N6OS.HI/c1-14-23-16(13-26-14)5-7-21-18(19-2)22-12-15-4-3-6-20-17(15)24-8-10-25-11-9-24;/h3-4,6,13H,5,7-12H2,1-2H3,(H2,19,21,22);1H. The number of halogens is 1. The number of nitrogens with zero attached hydrogens (tertiary/aromatic N) is 4. The van der Waals surface area contributed by atoms with E-state index in [1.807, 2.05) is 19.2 Å². The van der Waals surface area contributed by atoms with Gasteiger partial charge in [0.15, 0.2) is 5.96 Å². The minimum atomic E-state index is 0. The van der Waals surface area contributed by atoms with E-state index in [2.05, 4.69) is 41.9 Å². The molecule has 1 aliphatic heterocycles. The fourth-order valence-electron chi connectivity index (χ4n) is 2.86. The van der Waals surface area contributed by atoms with Crippen LogP contribution in [0.2, 0.25) is 0 Å². The van der Waals surface area contributed by atoms with Crippen molar-refractivity contribution in [1.82, 2.24) is 20.6 Å². The van der Waals surface area contributed by atoms with Crippen LogP contribution in [0.25, 0.3) is 0 Å². The summed E-state index contributed by atoms with van der Waals surface area (Å²) in [7, 11) is 1.79. The summed E-state index contributed by atoms with van der Waals surface area (Å²) in [4.78, 5) is 15.6. The van der Waals surface area contributed by atoms with E-state index in [1.165, 1.54) is 0 Å². The highest BCUT2D eigenvalue weighted by Crippen LogP contribution is 2.18. The number of aromatic nitrogens is 2. The Labute approximate surface area is 181 Å². The van der Waals surface area contributed by atoms with Crippen molar-refractivity contribution >= 4 is 47.1 Å². The maximum absolute atomic E-state index is 5.44. The number of pyridine rings is 1. The van der Waals surface area contributed by atoms with E-state index < -0.39 is 0 Å². The molecule has 0 aliphatic carbocycles. The molecule has 2 aromatic rings. The zero-order valence-electron chi connectivity index (χ0n) is 15.8. The molecule has 0 amide bonds. The van der Waals surface area contributed by atoms with Crippen molar-refractivity contribution in [2.24, 2.45) is 4.99 Å². The van der Waals surface area contributed by atoms with Crippen LogP contribution in [-0.4, -0.2) is 55.8 Å². The van der Waals surface area contributed by atoms with E-state index in [9.17, 15) is 0 Å². The van der Waals surface area contributed by atoms with Gasteiger partial charge in [-0.05, 0) is 13.0 Å². The van der Waals surface area contributed by atoms with E-state index in [-0.39, 0.29) is 24.0 Å². The van der Waals surface area contributed by atoms with Crippen LogP contribution in [0.4, 0.5) is 5.82 Å². The summed E-state index contributed by atoms with van der Waals surface area (Å²) in [6, 6.07) is 4.08. The molecular formula is C18H27IN6OS. The number of aryl methyl sites for hydroxylation is 1. The predicted octanol–water partition coefficient (Wildman–Crippen LogP) is 2.21. The minimum absolute atomic E-state index is 0. The largest absolute Gasteiger partial charge is 0.378 e. The Morgan fingerprint density at radius 3 is 2.85 bits per heavy atom. The molecule has 0 unspecified atom stereocenters. The first kappa shape index (κ1) is 21.8. The number of anilines is 1. The Morgan fingerprint density at radius 2 is 2.15 bits per heavy atom. The van der Waals surface area contributed by atoms with Gasteiger partial charge < -0.3 is 20.3 Å². The summed E-state index contributed by atoms with van der Waals surface area (Å²) < 4.78 is 5.44. The summed E-state index contributed by atoms with van der Waals surface area (Å²) in [5.74, 6) is 1.81. The zero-order valence-corrected chi connectivity index (χ0v) is 18.9. The Kier molecular flexibility index (Phi) is 9.22. The monoisotopic (exact) mass is 502 g/mol. The number of rotatable bonds is 6. The second-order valence-corrected chi connectivity index (χ2v) is 7.11. The summed E-state index contributed by atoms with van der Waals surface area (Å²) in [5.41, 5.74) is 2.28. The molecule has 0 aromatic carbocycles. The van der Waals surface area contributed by atoms with Crippen LogP contribution >= 0.6 is 35.3 Å². The summed E-state index contributed by atoms with van der Waals surface area (Å²) >= 11 is 1.69. The first-order chi connectivity index (χ1) is 12.8. The Morgan fingerprint density at radius 1 is 1.33 bits per heavy atom. The Hall–Kier alpha value is -1.46. The maximum atomic E-state index is 5.44. The lowest BCUT2D eigenvalue weighted by Gasteiger charge is -2.29. The molecule has 0 atom stereocenters. The van der Waals surface area contributed by atoms with Gasteiger partial charge in [-0.1, -0.05) is 6.07 Å². The van der Waals surface area contributed by atoms with Gasteiger partial charge in [-0.2, -0.15) is 0 Å². The third-order valence-electron chi connectivity index (χ3n) is 4.19. The molecule has 7 nitrogen and oxygen atoms in total. The fraction of sp³-hybridized carbons (Fsp3) is 0.500. The molecule has 2 N–H and O–H groups in total. The summed E-state index contributed by atoms with van der Waals surface area (Å²) in [5, 5.41) is 9.94. The number of ether oxygens (including phenoxy) is 1. The van der Waals surface area contributed by atoms with E-state index in [0.717, 1.165) is 67.3 Å². The van der Waals surface area contributed by atoms with Crippen molar-refractivity contribution in [3.63, 3.8) is 0 Å². The molecule has 27 heavy (non-hydrogen) atoms. The van der Waals surface area contributed by atoms with Crippen LogP contribution in [0, 0.1) is 6.92 Å². The minimum Gasteiger partial charge on any atom is -0.378 e. The smallest absolute Gasteiger partial charge is 0.191 e. The van der Waals surface area contributed by atoms with Crippen molar-refractivity contribution in [3.8, 4) is 0 Å². The van der Waals surface area contributed by atoms with Crippen molar-refractivity contribution in [2.45, 2.75) is 19.9 Å². The molecule has 0 radical (unpaired) electrons. The third-order valence-corrected chi connectivity index (χ3v) is 5.01. The molecule has 0 saturated carbocycles. The lowest BCUT2D eigenvalue weighted by molar-refractivity contribution is 0.122. The normalized spacial score (nSPS) is 14.6. The topological polar surface area (TPSA) is 74.7 Å². The van der Waals surface area contributed by atoms with Gasteiger partial charge in [0.05, 0.1) is 23.9 Å². The van der Waals surface area contributed by atoms with Gasteiger partial charge in [0.2, 0.25) is 0 Å². The van der Waals surface area contributed by atoms with Gasteiger partial charge >= 0.3 is 0 Å². The number of guanidine groups is 1. The van der Waals surface area contributed by atoms with Gasteiger partial charge in [0, 0.05) is 56.8 Å². The number of aliphatic imine (C=N–C) groups is 1. The van der Waals surface area contributed by atoms with E-state index in [4.69, 9.17) is 4.74 Å². The Balaban J connectivity index is 0.00000261. The van der Waals surface area contributed by atoms with E-state index in [0.29, 0.717) is 6.54 Å². The molecule has 1 fully saturated rings. The molecule has 3 rings (SSSR count). The van der Waals surface area contributed by atoms with Crippen LogP contribution in [0.1, 0.15) is 16.3 Å². The van der Waals surface area contributed by atoms with E-state index >= 15 is 0 Å². The molecule has 3 heterocycles. The number of hydrogen-bond donors (Lipinski definition) is 2. The molecule has 0 spiro atoms. The number of morpholine rings is 1. The average Bonchev–Trinajstić information content (AvgIpc) is 3.10. The summed E-state index contributed by atoms with van der Waals surface area (Å²) in [6.45, 7) is 6.77. The van der Waals surface area contributed by atoms with Gasteiger partial charge in [0.25, 0.3) is 0 Å². The molecule has 2 aromatic heterocycles. The number of thiazole rings is 1. The van der Waals surface area contributed by atoms with Gasteiger partial charge in [0.1, 0.15) is 5.82 Å².